The number of rotatable bonds is 7. The van der Waals surface area contributed by atoms with Crippen molar-refractivity contribution < 1.29 is 23.0 Å². The highest BCUT2D eigenvalue weighted by atomic mass is 19.3. The molecule has 2 N–H and O–H groups in total. The summed E-state index contributed by atoms with van der Waals surface area (Å²) >= 11 is 0. The number of carbonyl (C=O) groups excluding carboxylic acids is 1. The van der Waals surface area contributed by atoms with Crippen molar-refractivity contribution in [1.82, 2.24) is 19.0 Å². The van der Waals surface area contributed by atoms with Crippen molar-refractivity contribution in [2.75, 3.05) is 26.7 Å². The van der Waals surface area contributed by atoms with Crippen LogP contribution in [0.25, 0.3) is 28.6 Å². The summed E-state index contributed by atoms with van der Waals surface area (Å²) in [4.78, 5) is 24.7. The zero-order valence-corrected chi connectivity index (χ0v) is 21.6. The molecule has 2 atom stereocenters. The minimum atomic E-state index is -3.05. The number of amides is 1. The number of methoxy groups -OCH3 is 1. The van der Waals surface area contributed by atoms with E-state index in [0.29, 0.717) is 42.3 Å². The van der Waals surface area contributed by atoms with Crippen LogP contribution in [0.4, 0.5) is 8.78 Å². The van der Waals surface area contributed by atoms with E-state index in [1.807, 2.05) is 0 Å². The van der Waals surface area contributed by atoms with E-state index < -0.39 is 6.61 Å². The first-order chi connectivity index (χ1) is 18.3. The molecule has 0 unspecified atom stereocenters. The molecule has 11 heteroatoms. The maximum atomic E-state index is 13.5. The van der Waals surface area contributed by atoms with Crippen molar-refractivity contribution in [2.24, 2.45) is 23.7 Å². The Bertz CT molecular complexity index is 1510. The van der Waals surface area contributed by atoms with E-state index in [1.165, 1.54) is 18.9 Å². The van der Waals surface area contributed by atoms with Gasteiger partial charge in [0.1, 0.15) is 11.0 Å². The molecule has 0 bridgehead atoms. The summed E-state index contributed by atoms with van der Waals surface area (Å²) in [6.07, 6.45) is 5.90. The number of aryl methyl sites for hydroxylation is 1. The molecule has 6 rings (SSSR count). The molecular weight excluding hydrogens is 494 g/mol. The molecule has 4 heterocycles. The van der Waals surface area contributed by atoms with E-state index in [1.54, 1.807) is 29.7 Å². The largest absolute Gasteiger partial charge is 0.432 e. The number of alkyl halides is 2. The summed E-state index contributed by atoms with van der Waals surface area (Å²) < 4.78 is 41.3. The van der Waals surface area contributed by atoms with Gasteiger partial charge in [-0.2, -0.15) is 8.78 Å². The Morgan fingerprint density at radius 1 is 1.24 bits per heavy atom. The minimum Gasteiger partial charge on any atom is -0.432 e. The quantitative estimate of drug-likeness (QED) is 0.508. The van der Waals surface area contributed by atoms with Gasteiger partial charge in [-0.25, -0.2) is 4.98 Å². The number of fused-ring (bicyclic) bond motifs is 2. The lowest BCUT2D eigenvalue weighted by atomic mass is 10.0. The number of benzene rings is 1. The van der Waals surface area contributed by atoms with Gasteiger partial charge >= 0.3 is 6.61 Å². The van der Waals surface area contributed by atoms with Gasteiger partial charge in [-0.15, -0.1) is 0 Å². The molecular formula is C27H32F2N6O3. The molecule has 38 heavy (non-hydrogen) atoms. The predicted octanol–water partition coefficient (Wildman–Crippen LogP) is 2.05. The average molecular weight is 527 g/mol. The molecule has 2 fully saturated rings. The molecule has 2 aliphatic heterocycles. The van der Waals surface area contributed by atoms with Crippen molar-refractivity contribution in [3.8, 4) is 17.3 Å². The second kappa shape index (κ2) is 9.77. The van der Waals surface area contributed by atoms with Gasteiger partial charge in [0.05, 0.1) is 17.3 Å². The van der Waals surface area contributed by atoms with E-state index in [-0.39, 0.29) is 29.4 Å². The summed E-state index contributed by atoms with van der Waals surface area (Å²) in [5.74, 6) is 0.835. The second-order valence-corrected chi connectivity index (χ2v) is 10.4. The molecule has 1 amide bonds. The highest BCUT2D eigenvalue weighted by Crippen LogP contribution is 2.35. The molecule has 2 aromatic heterocycles. The average Bonchev–Trinajstić information content (AvgIpc) is 3.56. The van der Waals surface area contributed by atoms with Crippen LogP contribution in [0, 0.1) is 5.92 Å². The van der Waals surface area contributed by atoms with Gasteiger partial charge in [0.15, 0.2) is 11.6 Å². The first-order valence-corrected chi connectivity index (χ1v) is 13.1. The Morgan fingerprint density at radius 2 is 2.05 bits per heavy atom. The molecule has 1 aromatic carbocycles. The van der Waals surface area contributed by atoms with Gasteiger partial charge in [-0.1, -0.05) is 6.08 Å². The van der Waals surface area contributed by atoms with Crippen LogP contribution in [0.1, 0.15) is 36.0 Å². The molecule has 1 saturated heterocycles. The third kappa shape index (κ3) is 4.47. The number of hydrogen-bond acceptors (Lipinski definition) is 6. The lowest BCUT2D eigenvalue weighted by Gasteiger charge is -2.36. The van der Waals surface area contributed by atoms with Crippen molar-refractivity contribution in [2.45, 2.75) is 51.0 Å². The van der Waals surface area contributed by atoms with Gasteiger partial charge in [0.2, 0.25) is 0 Å². The zero-order valence-electron chi connectivity index (χ0n) is 21.6. The van der Waals surface area contributed by atoms with E-state index in [0.717, 1.165) is 35.9 Å². The lowest BCUT2D eigenvalue weighted by molar-refractivity contribution is -0.0490. The van der Waals surface area contributed by atoms with Gasteiger partial charge in [-0.3, -0.25) is 9.79 Å². The number of nitrogens with two attached hydrogens (primary N) is 1. The highest BCUT2D eigenvalue weighted by molar-refractivity contribution is 6.00. The van der Waals surface area contributed by atoms with Gasteiger partial charge in [0, 0.05) is 57.2 Å². The zero-order chi connectivity index (χ0) is 26.6. The van der Waals surface area contributed by atoms with Crippen molar-refractivity contribution >= 4 is 23.0 Å². The Hall–Kier alpha value is -3.31. The second-order valence-electron chi connectivity index (χ2n) is 10.4. The van der Waals surface area contributed by atoms with Crippen molar-refractivity contribution in [3.63, 3.8) is 0 Å². The molecule has 3 aromatic rings. The topological polar surface area (TPSA) is 99.9 Å². The molecule has 9 nitrogen and oxygen atoms in total. The number of nitrogens with zero attached hydrogens (tertiary/aromatic N) is 5. The maximum absolute atomic E-state index is 13.5. The number of likely N-dealkylation sites (tertiary alicyclic amines) is 1. The normalized spacial score (nSPS) is 21.4. The van der Waals surface area contributed by atoms with E-state index in [9.17, 15) is 13.6 Å². The fraction of sp³-hybridized carbons (Fsp3) is 0.519. The number of piperidine rings is 1. The third-order valence-electron chi connectivity index (χ3n) is 7.80. The van der Waals surface area contributed by atoms with Crippen molar-refractivity contribution in [3.05, 3.63) is 34.5 Å². The van der Waals surface area contributed by atoms with Crippen LogP contribution < -0.4 is 21.2 Å². The van der Waals surface area contributed by atoms with Crippen LogP contribution in [0.5, 0.6) is 5.75 Å². The Labute approximate surface area is 218 Å². The van der Waals surface area contributed by atoms with Crippen LogP contribution in [0.15, 0.2) is 23.2 Å². The van der Waals surface area contributed by atoms with E-state index in [2.05, 4.69) is 16.7 Å². The number of imidazole rings is 1. The van der Waals surface area contributed by atoms with Gasteiger partial charge in [0.25, 0.3) is 5.91 Å². The number of halogens is 2. The third-order valence-corrected chi connectivity index (χ3v) is 7.80. The SMILES string of the molecule is CO[C@H]1CCN(C(=O)c2cc(OC(F)F)c3c(c2)nc(-c2cc4c(n2CC2CC2)=NCCC=4)n3C)C[C@H]1N. The standard InChI is InChI=1S/C27H32F2N6O3/c1-33-23-19(32-25(33)20-11-16-4-3-8-31-24(16)35(20)13-15-5-6-15)10-17(12-22(23)38-27(28)29)26(36)34-9-7-21(37-2)18(30)14-34/h4,10-12,15,18,21,27H,3,5-9,13-14,30H2,1-2H3/t18-,21+/m1/s1. The van der Waals surface area contributed by atoms with Crippen LogP contribution in [-0.4, -0.2) is 70.4 Å². The fourth-order valence-electron chi connectivity index (χ4n) is 5.67. The predicted molar refractivity (Wildman–Crippen MR) is 138 cm³/mol. The van der Waals surface area contributed by atoms with E-state index in [4.69, 9.17) is 25.2 Å². The fourth-order valence-corrected chi connectivity index (χ4v) is 5.67. The highest BCUT2D eigenvalue weighted by Gasteiger charge is 2.31. The van der Waals surface area contributed by atoms with Gasteiger partial charge in [-0.05, 0) is 49.8 Å². The maximum Gasteiger partial charge on any atom is 0.387 e. The van der Waals surface area contributed by atoms with Crippen LogP contribution >= 0.6 is 0 Å². The molecule has 202 valence electrons. The van der Waals surface area contributed by atoms with E-state index >= 15 is 0 Å². The molecule has 1 saturated carbocycles. The summed E-state index contributed by atoms with van der Waals surface area (Å²) in [5.41, 5.74) is 9.07. The first-order valence-electron chi connectivity index (χ1n) is 13.1. The number of aromatic nitrogens is 3. The van der Waals surface area contributed by atoms with Gasteiger partial charge < -0.3 is 29.2 Å². The summed E-state index contributed by atoms with van der Waals surface area (Å²) in [6, 6.07) is 4.78. The summed E-state index contributed by atoms with van der Waals surface area (Å²) in [6.45, 7) is -0.692. The Morgan fingerprint density at radius 3 is 2.76 bits per heavy atom. The lowest BCUT2D eigenvalue weighted by Crippen LogP contribution is -2.53. The monoisotopic (exact) mass is 526 g/mol. The molecule has 0 spiro atoms. The minimum absolute atomic E-state index is 0.0838. The number of ether oxygens (including phenoxy) is 2. The Balaban J connectivity index is 1.45. The number of carbonyl (C=O) groups is 1. The number of hydrogen-bond donors (Lipinski definition) is 1. The first kappa shape index (κ1) is 25.0. The summed E-state index contributed by atoms with van der Waals surface area (Å²) in [7, 11) is 3.39. The molecule has 3 aliphatic rings. The smallest absolute Gasteiger partial charge is 0.387 e. The van der Waals surface area contributed by atoms with Crippen LogP contribution in [-0.2, 0) is 18.3 Å². The molecule has 1 aliphatic carbocycles. The van der Waals surface area contributed by atoms with Crippen LogP contribution in [0.2, 0.25) is 0 Å². The van der Waals surface area contributed by atoms with Crippen molar-refractivity contribution in [1.29, 1.82) is 0 Å². The summed E-state index contributed by atoms with van der Waals surface area (Å²) in [5, 5.41) is 1.06. The van der Waals surface area contributed by atoms with Crippen LogP contribution in [0.3, 0.4) is 0 Å². The molecule has 0 radical (unpaired) electrons. The Kier molecular flexibility index (Phi) is 6.43.